The zero-order chi connectivity index (χ0) is 8.72. The molecule has 2 rings (SSSR count). The van der Waals surface area contributed by atoms with Gasteiger partial charge in [-0.2, -0.15) is 4.40 Å². The van der Waals surface area contributed by atoms with Gasteiger partial charge in [0.1, 0.15) is 0 Å². The number of pyridine rings is 1. The van der Waals surface area contributed by atoms with Crippen molar-refractivity contribution >= 4 is 21.4 Å². The molecule has 2 N–H and O–H groups in total. The van der Waals surface area contributed by atoms with Gasteiger partial charge in [0.2, 0.25) is 4.60 Å². The predicted octanol–water partition coefficient (Wildman–Crippen LogP) is -1.98. The number of nitrogen functional groups attached to an aromatic ring is 1. The number of hydrogen-bond acceptors (Lipinski definition) is 1. The first-order chi connectivity index (χ1) is 5.72. The number of halogens is 2. The average molecular weight is 307 g/mol. The van der Waals surface area contributed by atoms with Gasteiger partial charge in [-0.3, -0.25) is 5.84 Å². The maximum absolute atomic E-state index is 5.76. The molecule has 0 unspecified atom stereocenters. The van der Waals surface area contributed by atoms with E-state index in [2.05, 4.69) is 15.9 Å². The summed E-state index contributed by atoms with van der Waals surface area (Å²) in [7, 11) is 0. The van der Waals surface area contributed by atoms with Crippen molar-refractivity contribution < 1.29 is 21.4 Å². The number of aromatic nitrogens is 2. The lowest BCUT2D eigenvalue weighted by molar-refractivity contribution is -0.520. The largest absolute Gasteiger partial charge is 1.00 e. The monoisotopic (exact) mass is 305 g/mol. The highest BCUT2D eigenvalue weighted by Gasteiger charge is 2.17. The van der Waals surface area contributed by atoms with Crippen molar-refractivity contribution in [3.63, 3.8) is 0 Å². The molecule has 0 aliphatic heterocycles. The number of hydrogen-bond donors (Lipinski definition) is 1. The third-order valence-electron chi connectivity index (χ3n) is 1.98. The first-order valence-electron chi connectivity index (χ1n) is 3.64. The zero-order valence-electron chi connectivity index (χ0n) is 7.04. The van der Waals surface area contributed by atoms with Gasteiger partial charge in [0, 0.05) is 22.9 Å². The second kappa shape index (κ2) is 3.67. The third-order valence-corrected chi connectivity index (χ3v) is 2.77. The molecule has 0 bridgehead atoms. The predicted molar refractivity (Wildman–Crippen MR) is 50.2 cm³/mol. The maximum Gasteiger partial charge on any atom is 0.282 e. The Balaban J connectivity index is 0.000000845. The summed E-state index contributed by atoms with van der Waals surface area (Å²) >= 11 is 3.42. The summed E-state index contributed by atoms with van der Waals surface area (Å²) in [6.45, 7) is 1.97. The van der Waals surface area contributed by atoms with Crippen LogP contribution in [0.25, 0.3) is 5.52 Å². The molecule has 0 aliphatic rings. The molecule has 3 nitrogen and oxygen atoms in total. The Morgan fingerprint density at radius 3 is 2.77 bits per heavy atom. The Morgan fingerprint density at radius 2 is 2.15 bits per heavy atom. The molecule has 0 saturated carbocycles. The molecule has 0 radical (unpaired) electrons. The summed E-state index contributed by atoms with van der Waals surface area (Å²) < 4.78 is 4.56. The summed E-state index contributed by atoms with van der Waals surface area (Å²) in [4.78, 5) is 0. The third kappa shape index (κ3) is 1.46. The fourth-order valence-corrected chi connectivity index (χ4v) is 1.85. The minimum Gasteiger partial charge on any atom is -1.00 e. The molecule has 0 amide bonds. The minimum absolute atomic E-state index is 0. The van der Waals surface area contributed by atoms with Crippen molar-refractivity contribution in [1.82, 2.24) is 4.68 Å². The number of nitrogens with zero attached hydrogens (tertiary/aromatic N) is 2. The highest BCUT2D eigenvalue weighted by Crippen LogP contribution is 2.14. The molecule has 0 fully saturated rings. The fraction of sp³-hybridized carbons (Fsp3) is 0.125. The van der Waals surface area contributed by atoms with Crippen molar-refractivity contribution in [3.05, 3.63) is 34.8 Å². The lowest BCUT2D eigenvalue weighted by atomic mass is 10.4. The Morgan fingerprint density at radius 1 is 1.46 bits per heavy atom. The standard InChI is InChI=1S/C8H9BrN3.BrH/c1-6-11-5-3-2-4-7(11)8(9)12(6)10;/h2-5H,10H2,1H3;1H/q+1;/p-1. The van der Waals surface area contributed by atoms with Crippen molar-refractivity contribution in [1.29, 1.82) is 0 Å². The smallest absolute Gasteiger partial charge is 0.282 e. The van der Waals surface area contributed by atoms with Gasteiger partial charge in [0.15, 0.2) is 5.52 Å². The van der Waals surface area contributed by atoms with Crippen LogP contribution in [0.15, 0.2) is 29.0 Å². The summed E-state index contributed by atoms with van der Waals surface area (Å²) in [6, 6.07) is 5.98. The summed E-state index contributed by atoms with van der Waals surface area (Å²) in [5, 5.41) is 0. The first-order valence-corrected chi connectivity index (χ1v) is 4.43. The molecule has 0 aliphatic carbocycles. The lowest BCUT2D eigenvalue weighted by Crippen LogP contribution is -3.00. The minimum atomic E-state index is 0. The van der Waals surface area contributed by atoms with Crippen LogP contribution in [0.4, 0.5) is 0 Å². The number of rotatable bonds is 0. The van der Waals surface area contributed by atoms with E-state index in [1.165, 1.54) is 0 Å². The molecule has 2 aromatic heterocycles. The van der Waals surface area contributed by atoms with E-state index < -0.39 is 0 Å². The molecular formula is C8H9Br2N3. The van der Waals surface area contributed by atoms with E-state index in [1.54, 1.807) is 4.68 Å². The van der Waals surface area contributed by atoms with Gasteiger partial charge in [-0.15, -0.1) is 4.68 Å². The SMILES string of the molecule is Cc1n(N)c(Br)c2cccc[n+]12.[Br-]. The second-order valence-electron chi connectivity index (χ2n) is 2.66. The number of imidazole rings is 1. The van der Waals surface area contributed by atoms with E-state index in [4.69, 9.17) is 5.84 Å². The Bertz CT molecular complexity index is 397. The van der Waals surface area contributed by atoms with Gasteiger partial charge >= 0.3 is 0 Å². The van der Waals surface area contributed by atoms with Crippen molar-refractivity contribution in [2.75, 3.05) is 5.84 Å². The van der Waals surface area contributed by atoms with Crippen molar-refractivity contribution in [3.8, 4) is 0 Å². The number of aryl methyl sites for hydroxylation is 1. The molecule has 2 aromatic rings. The molecule has 0 spiro atoms. The lowest BCUT2D eigenvalue weighted by Gasteiger charge is -1.85. The zero-order valence-corrected chi connectivity index (χ0v) is 10.2. The molecule has 2 heterocycles. The van der Waals surface area contributed by atoms with Crippen LogP contribution in [-0.4, -0.2) is 4.68 Å². The average Bonchev–Trinajstić information content (AvgIpc) is 2.33. The van der Waals surface area contributed by atoms with Crippen LogP contribution < -0.4 is 27.2 Å². The van der Waals surface area contributed by atoms with Gasteiger partial charge in [0.25, 0.3) is 5.82 Å². The Kier molecular flexibility index (Phi) is 2.98. The van der Waals surface area contributed by atoms with Gasteiger partial charge in [0.05, 0.1) is 6.20 Å². The van der Waals surface area contributed by atoms with E-state index in [9.17, 15) is 0 Å². The first kappa shape index (κ1) is 10.5. The fourth-order valence-electron chi connectivity index (χ4n) is 1.27. The van der Waals surface area contributed by atoms with E-state index in [0.717, 1.165) is 15.9 Å². The molecule has 0 saturated heterocycles. The maximum atomic E-state index is 5.76. The van der Waals surface area contributed by atoms with Crippen LogP contribution in [-0.2, 0) is 0 Å². The highest BCUT2D eigenvalue weighted by atomic mass is 79.9. The van der Waals surface area contributed by atoms with Crippen LogP contribution in [0.1, 0.15) is 5.82 Å². The van der Waals surface area contributed by atoms with Crippen molar-refractivity contribution in [2.24, 2.45) is 0 Å². The highest BCUT2D eigenvalue weighted by molar-refractivity contribution is 9.10. The molecule has 5 heteroatoms. The van der Waals surface area contributed by atoms with Crippen LogP contribution in [0, 0.1) is 6.92 Å². The topological polar surface area (TPSA) is 35.0 Å². The summed E-state index contributed by atoms with van der Waals surface area (Å²) in [5.74, 6) is 6.76. The molecule has 70 valence electrons. The van der Waals surface area contributed by atoms with Gasteiger partial charge in [-0.25, -0.2) is 0 Å². The van der Waals surface area contributed by atoms with E-state index in [1.807, 2.05) is 35.7 Å². The normalized spacial score (nSPS) is 10.0. The molecule has 13 heavy (non-hydrogen) atoms. The molecule has 0 aromatic carbocycles. The molecule has 0 atom stereocenters. The van der Waals surface area contributed by atoms with E-state index >= 15 is 0 Å². The van der Waals surface area contributed by atoms with Gasteiger partial charge < -0.3 is 17.0 Å². The van der Waals surface area contributed by atoms with E-state index in [0.29, 0.717) is 0 Å². The Labute approximate surface area is 95.0 Å². The summed E-state index contributed by atoms with van der Waals surface area (Å²) in [5.41, 5.74) is 1.08. The van der Waals surface area contributed by atoms with Gasteiger partial charge in [-0.1, -0.05) is 6.07 Å². The quantitative estimate of drug-likeness (QED) is 0.444. The second-order valence-corrected chi connectivity index (χ2v) is 3.42. The molecular weight excluding hydrogens is 298 g/mol. The number of fused-ring (bicyclic) bond motifs is 1. The van der Waals surface area contributed by atoms with Crippen LogP contribution in [0.2, 0.25) is 0 Å². The van der Waals surface area contributed by atoms with E-state index in [-0.39, 0.29) is 17.0 Å². The van der Waals surface area contributed by atoms with Crippen LogP contribution in [0.5, 0.6) is 0 Å². The summed E-state index contributed by atoms with van der Waals surface area (Å²) in [6.07, 6.45) is 1.98. The van der Waals surface area contributed by atoms with Crippen LogP contribution in [0.3, 0.4) is 0 Å². The van der Waals surface area contributed by atoms with Crippen LogP contribution >= 0.6 is 15.9 Å². The number of nitrogens with two attached hydrogens (primary N) is 1. The van der Waals surface area contributed by atoms with Gasteiger partial charge in [-0.05, 0) is 12.1 Å². The Hall–Kier alpha value is -0.550. The van der Waals surface area contributed by atoms with Crippen molar-refractivity contribution in [2.45, 2.75) is 6.92 Å².